The van der Waals surface area contributed by atoms with Gasteiger partial charge in [0.2, 0.25) is 0 Å². The molecule has 0 aromatic carbocycles. The van der Waals surface area contributed by atoms with Gasteiger partial charge < -0.3 is 9.84 Å². The Balaban J connectivity index is 4.56. The molecule has 0 unspecified atom stereocenters. The Bertz CT molecular complexity index is 225. The van der Waals surface area contributed by atoms with E-state index in [4.69, 9.17) is 0 Å². The second-order valence-electron chi connectivity index (χ2n) is 3.11. The normalized spacial score (nSPS) is 16.9. The second-order valence-corrected chi connectivity index (χ2v) is 4.38. The van der Waals surface area contributed by atoms with E-state index in [1.807, 2.05) is 6.92 Å². The van der Waals surface area contributed by atoms with E-state index in [0.717, 1.165) is 11.8 Å². The maximum absolute atomic E-state index is 11.4. The lowest BCUT2D eigenvalue weighted by molar-refractivity contribution is -0.166. The van der Waals surface area contributed by atoms with Crippen LogP contribution < -0.4 is 0 Å². The van der Waals surface area contributed by atoms with Crippen molar-refractivity contribution in [2.75, 3.05) is 12.9 Å². The van der Waals surface area contributed by atoms with E-state index in [2.05, 4.69) is 4.74 Å². The molecule has 0 fully saturated rings. The molecule has 0 aliphatic carbocycles. The highest BCUT2D eigenvalue weighted by atomic mass is 32.2. The summed E-state index contributed by atoms with van der Waals surface area (Å²) in [6, 6.07) is 0. The first-order valence-electron chi connectivity index (χ1n) is 4.35. The molecule has 0 amide bonds. The highest BCUT2D eigenvalue weighted by Crippen LogP contribution is 2.23. The molecule has 0 rings (SSSR count). The first kappa shape index (κ1) is 13.4. The van der Waals surface area contributed by atoms with Gasteiger partial charge in [-0.05, 0) is 12.7 Å². The third-order valence-electron chi connectivity index (χ3n) is 2.08. The summed E-state index contributed by atoms with van der Waals surface area (Å²) in [5, 5.41) is 9.53. The van der Waals surface area contributed by atoms with E-state index in [1.54, 1.807) is 0 Å². The van der Waals surface area contributed by atoms with Crippen LogP contribution in [-0.4, -0.2) is 34.7 Å². The molecule has 2 atom stereocenters. The zero-order valence-corrected chi connectivity index (χ0v) is 9.68. The highest BCUT2D eigenvalue weighted by Gasteiger charge is 2.41. The molecule has 82 valence electrons. The van der Waals surface area contributed by atoms with E-state index in [9.17, 15) is 14.7 Å². The van der Waals surface area contributed by atoms with Crippen LogP contribution in [0.4, 0.5) is 0 Å². The number of rotatable bonds is 4. The van der Waals surface area contributed by atoms with Crippen LogP contribution >= 0.6 is 11.8 Å². The molecule has 0 aromatic heterocycles. The fourth-order valence-corrected chi connectivity index (χ4v) is 1.64. The summed E-state index contributed by atoms with van der Waals surface area (Å²) >= 11 is 1.09. The van der Waals surface area contributed by atoms with Crippen LogP contribution in [0.5, 0.6) is 0 Å². The Hall–Kier alpha value is -0.550. The topological polar surface area (TPSA) is 63.6 Å². The summed E-state index contributed by atoms with van der Waals surface area (Å²) in [6.45, 7) is 4.64. The zero-order valence-electron chi connectivity index (χ0n) is 8.86. The van der Waals surface area contributed by atoms with E-state index < -0.39 is 17.5 Å². The van der Waals surface area contributed by atoms with Gasteiger partial charge in [0.15, 0.2) is 10.7 Å². The number of thioether (sulfide) groups is 1. The molecular weight excluding hydrogens is 204 g/mol. The first-order valence-corrected chi connectivity index (χ1v) is 5.33. The summed E-state index contributed by atoms with van der Waals surface area (Å²) in [6.07, 6.45) is 0. The molecule has 0 aliphatic heterocycles. The molecule has 0 radical (unpaired) electrons. The van der Waals surface area contributed by atoms with Gasteiger partial charge in [0, 0.05) is 0 Å². The number of hydrogen-bond acceptors (Lipinski definition) is 5. The van der Waals surface area contributed by atoms with Crippen molar-refractivity contribution in [2.45, 2.75) is 26.4 Å². The molecule has 0 spiro atoms. The van der Waals surface area contributed by atoms with Crippen LogP contribution in [0.15, 0.2) is 0 Å². The van der Waals surface area contributed by atoms with Crippen molar-refractivity contribution in [1.82, 2.24) is 0 Å². The lowest BCUT2D eigenvalue weighted by Gasteiger charge is -2.25. The molecule has 4 nitrogen and oxygen atoms in total. The van der Waals surface area contributed by atoms with Crippen LogP contribution in [0.2, 0.25) is 0 Å². The largest absolute Gasteiger partial charge is 0.467 e. The first-order chi connectivity index (χ1) is 6.37. The SMILES string of the molecule is CCSC(=O)[C@@H](C)[C@](C)(O)C(=O)OC. The molecule has 0 saturated heterocycles. The fraction of sp³-hybridized carbons (Fsp3) is 0.778. The van der Waals surface area contributed by atoms with E-state index in [1.165, 1.54) is 21.0 Å². The van der Waals surface area contributed by atoms with Crippen molar-refractivity contribution < 1.29 is 19.4 Å². The number of carbonyl (C=O) groups excluding carboxylic acids is 2. The lowest BCUT2D eigenvalue weighted by Crippen LogP contribution is -2.45. The molecule has 0 heterocycles. The minimum atomic E-state index is -1.74. The quantitative estimate of drug-likeness (QED) is 0.711. The van der Waals surface area contributed by atoms with Gasteiger partial charge in [-0.15, -0.1) is 0 Å². The van der Waals surface area contributed by atoms with Crippen molar-refractivity contribution in [3.63, 3.8) is 0 Å². The van der Waals surface area contributed by atoms with Gasteiger partial charge >= 0.3 is 5.97 Å². The van der Waals surface area contributed by atoms with Crippen molar-refractivity contribution in [3.05, 3.63) is 0 Å². The summed E-state index contributed by atoms with van der Waals surface area (Å²) in [5.74, 6) is -0.921. The van der Waals surface area contributed by atoms with Gasteiger partial charge in [0.25, 0.3) is 0 Å². The van der Waals surface area contributed by atoms with Crippen LogP contribution in [-0.2, 0) is 14.3 Å². The van der Waals surface area contributed by atoms with Crippen LogP contribution in [0, 0.1) is 5.92 Å². The maximum atomic E-state index is 11.4. The predicted octanol–water partition coefficient (Wildman–Crippen LogP) is 0.826. The third-order valence-corrected chi connectivity index (χ3v) is 3.01. The minimum absolute atomic E-state index is 0.206. The predicted molar refractivity (Wildman–Crippen MR) is 54.9 cm³/mol. The van der Waals surface area contributed by atoms with Crippen molar-refractivity contribution in [3.8, 4) is 0 Å². The van der Waals surface area contributed by atoms with Gasteiger partial charge in [0.05, 0.1) is 13.0 Å². The summed E-state index contributed by atoms with van der Waals surface area (Å²) in [7, 11) is 1.18. The summed E-state index contributed by atoms with van der Waals surface area (Å²) in [5.41, 5.74) is -1.74. The molecule has 0 aromatic rings. The second kappa shape index (κ2) is 5.36. The number of carbonyl (C=O) groups is 2. The summed E-state index contributed by atoms with van der Waals surface area (Å²) in [4.78, 5) is 22.6. The Morgan fingerprint density at radius 2 is 2.07 bits per heavy atom. The van der Waals surface area contributed by atoms with Crippen LogP contribution in [0.1, 0.15) is 20.8 Å². The zero-order chi connectivity index (χ0) is 11.4. The lowest BCUT2D eigenvalue weighted by atomic mass is 9.92. The van der Waals surface area contributed by atoms with E-state index in [-0.39, 0.29) is 5.12 Å². The third kappa shape index (κ3) is 2.99. The number of ether oxygens (including phenoxy) is 1. The molecule has 5 heteroatoms. The minimum Gasteiger partial charge on any atom is -0.467 e. The Morgan fingerprint density at radius 3 is 2.43 bits per heavy atom. The molecule has 0 saturated carbocycles. The van der Waals surface area contributed by atoms with Gasteiger partial charge in [0.1, 0.15) is 0 Å². The van der Waals surface area contributed by atoms with Gasteiger partial charge in [-0.2, -0.15) is 0 Å². The molecule has 0 aliphatic rings. The summed E-state index contributed by atoms with van der Waals surface area (Å²) < 4.78 is 4.41. The monoisotopic (exact) mass is 220 g/mol. The smallest absolute Gasteiger partial charge is 0.338 e. The average molecular weight is 220 g/mol. The number of aliphatic hydroxyl groups is 1. The Kier molecular flexibility index (Phi) is 5.15. The van der Waals surface area contributed by atoms with Crippen molar-refractivity contribution in [2.24, 2.45) is 5.92 Å². The van der Waals surface area contributed by atoms with Gasteiger partial charge in [-0.25, -0.2) is 4.79 Å². The highest BCUT2D eigenvalue weighted by molar-refractivity contribution is 8.13. The molecule has 1 N–H and O–H groups in total. The van der Waals surface area contributed by atoms with Crippen molar-refractivity contribution in [1.29, 1.82) is 0 Å². The maximum Gasteiger partial charge on any atom is 0.338 e. The number of methoxy groups -OCH3 is 1. The van der Waals surface area contributed by atoms with Gasteiger partial charge in [-0.3, -0.25) is 4.79 Å². The molecular formula is C9H16O4S. The average Bonchev–Trinajstić information content (AvgIpc) is 2.15. The van der Waals surface area contributed by atoms with Crippen LogP contribution in [0.3, 0.4) is 0 Å². The number of esters is 1. The molecule has 0 bridgehead atoms. The van der Waals surface area contributed by atoms with Crippen molar-refractivity contribution >= 4 is 22.8 Å². The Labute approximate surface area is 88.0 Å². The Morgan fingerprint density at radius 1 is 1.57 bits per heavy atom. The van der Waals surface area contributed by atoms with Gasteiger partial charge in [-0.1, -0.05) is 25.6 Å². The van der Waals surface area contributed by atoms with Crippen LogP contribution in [0.25, 0.3) is 0 Å². The standard InChI is InChI=1S/C9H16O4S/c1-5-14-7(10)6(2)9(3,12)8(11)13-4/h6,12H,5H2,1-4H3/t6-,9+/m1/s1. The van der Waals surface area contributed by atoms with E-state index in [0.29, 0.717) is 5.75 Å². The fourth-order valence-electron chi connectivity index (χ4n) is 0.880. The number of hydrogen-bond donors (Lipinski definition) is 1. The molecule has 14 heavy (non-hydrogen) atoms. The van der Waals surface area contributed by atoms with E-state index >= 15 is 0 Å².